The van der Waals surface area contributed by atoms with Crippen LogP contribution in [0.2, 0.25) is 0 Å². The summed E-state index contributed by atoms with van der Waals surface area (Å²) in [5, 5.41) is -0.576. The highest BCUT2D eigenvalue weighted by atomic mass is 32.2. The molecule has 2 aromatic carbocycles. The molecule has 146 valence electrons. The molecule has 2 aromatic rings. The maximum Gasteiger partial charge on any atom is 0.156 e. The first kappa shape index (κ1) is 18.6. The largest absolute Gasteiger partial charge is 0.457 e. The first-order chi connectivity index (χ1) is 13.3. The molecule has 0 N–H and O–H groups in total. The van der Waals surface area contributed by atoms with Crippen molar-refractivity contribution in [3.63, 3.8) is 0 Å². The summed E-state index contributed by atoms with van der Waals surface area (Å²) >= 11 is 0. The summed E-state index contributed by atoms with van der Waals surface area (Å²) in [6.07, 6.45) is 1.77. The fourth-order valence-corrected chi connectivity index (χ4v) is 4.05. The zero-order chi connectivity index (χ0) is 19.9. The third-order valence-electron chi connectivity index (χ3n) is 4.75. The summed E-state index contributed by atoms with van der Waals surface area (Å²) in [6, 6.07) is 9.61. The number of hydrogen-bond donors (Lipinski definition) is 0. The Morgan fingerprint density at radius 1 is 1.18 bits per heavy atom. The second kappa shape index (κ2) is 7.01. The monoisotopic (exact) mass is 401 g/mol. The van der Waals surface area contributed by atoms with Gasteiger partial charge in [0.15, 0.2) is 9.84 Å². The predicted octanol–water partition coefficient (Wildman–Crippen LogP) is 3.68. The van der Waals surface area contributed by atoms with Crippen LogP contribution in [-0.4, -0.2) is 43.8 Å². The van der Waals surface area contributed by atoms with Crippen molar-refractivity contribution in [2.75, 3.05) is 13.1 Å². The zero-order valence-corrected chi connectivity index (χ0v) is 16.4. The minimum Gasteiger partial charge on any atom is -0.457 e. The maximum absolute atomic E-state index is 14.1. The Balaban J connectivity index is 1.61. The van der Waals surface area contributed by atoms with Crippen molar-refractivity contribution in [2.45, 2.75) is 24.9 Å². The van der Waals surface area contributed by atoms with Gasteiger partial charge < -0.3 is 9.64 Å². The normalized spacial score (nSPS) is 15.4. The van der Waals surface area contributed by atoms with E-state index < -0.39 is 20.9 Å². The first-order valence-corrected chi connectivity index (χ1v) is 10.7. The van der Waals surface area contributed by atoms with Gasteiger partial charge in [0.05, 0.1) is 29.6 Å². The third-order valence-corrected chi connectivity index (χ3v) is 6.90. The molecule has 0 aromatic heterocycles. The van der Waals surface area contributed by atoms with Crippen LogP contribution in [0.25, 0.3) is 0 Å². The van der Waals surface area contributed by atoms with Gasteiger partial charge in [-0.2, -0.15) is 0 Å². The van der Waals surface area contributed by atoms with E-state index in [1.807, 2.05) is 17.0 Å². The Morgan fingerprint density at radius 2 is 1.93 bits per heavy atom. The summed E-state index contributed by atoms with van der Waals surface area (Å²) in [4.78, 5) is 10.9. The number of nitrogens with zero attached hydrogens (tertiary/aromatic N) is 3. The van der Waals surface area contributed by atoms with E-state index >= 15 is 0 Å². The Bertz CT molecular complexity index is 1090. The number of aliphatic imine (C=N–C) groups is 2. The molecule has 2 aliphatic heterocycles. The van der Waals surface area contributed by atoms with E-state index in [0.29, 0.717) is 11.5 Å². The van der Waals surface area contributed by atoms with Gasteiger partial charge in [-0.3, -0.25) is 4.99 Å². The number of benzene rings is 2. The molecule has 0 amide bonds. The quantitative estimate of drug-likeness (QED) is 0.766. The van der Waals surface area contributed by atoms with Gasteiger partial charge in [0, 0.05) is 17.7 Å². The number of hydrogen-bond acceptors (Lipinski definition) is 6. The van der Waals surface area contributed by atoms with Crippen LogP contribution in [0.15, 0.2) is 46.4 Å². The van der Waals surface area contributed by atoms with E-state index in [9.17, 15) is 12.8 Å². The van der Waals surface area contributed by atoms with Crippen LogP contribution in [-0.2, 0) is 15.6 Å². The van der Waals surface area contributed by atoms with Crippen molar-refractivity contribution >= 4 is 27.7 Å². The van der Waals surface area contributed by atoms with E-state index in [2.05, 4.69) is 9.98 Å². The predicted molar refractivity (Wildman–Crippen MR) is 107 cm³/mol. The van der Waals surface area contributed by atoms with E-state index in [1.165, 1.54) is 18.2 Å². The van der Waals surface area contributed by atoms with Gasteiger partial charge in [-0.25, -0.2) is 17.8 Å². The molecule has 0 saturated carbocycles. The highest BCUT2D eigenvalue weighted by Crippen LogP contribution is 2.32. The number of fused-ring (bicyclic) bond motifs is 3. The molecule has 0 saturated heterocycles. The van der Waals surface area contributed by atoms with Crippen LogP contribution in [0.1, 0.15) is 25.0 Å². The summed E-state index contributed by atoms with van der Waals surface area (Å²) in [5.41, 5.74) is 1.79. The second-order valence-corrected chi connectivity index (χ2v) is 9.59. The average molecular weight is 401 g/mol. The van der Waals surface area contributed by atoms with E-state index in [4.69, 9.17) is 4.74 Å². The van der Waals surface area contributed by atoms with E-state index in [0.717, 1.165) is 30.2 Å². The first-order valence-electron chi connectivity index (χ1n) is 9.01. The van der Waals surface area contributed by atoms with Crippen molar-refractivity contribution in [1.82, 2.24) is 4.90 Å². The minimum atomic E-state index is -3.42. The lowest BCUT2D eigenvalue weighted by molar-refractivity contribution is 0.479. The van der Waals surface area contributed by atoms with Crippen LogP contribution in [0.5, 0.6) is 11.5 Å². The molecular weight excluding hydrogens is 381 g/mol. The van der Waals surface area contributed by atoms with Gasteiger partial charge in [0.1, 0.15) is 23.2 Å². The zero-order valence-electron chi connectivity index (χ0n) is 15.6. The van der Waals surface area contributed by atoms with Crippen LogP contribution in [0, 0.1) is 5.82 Å². The topological polar surface area (TPSA) is 71.3 Å². The molecule has 28 heavy (non-hydrogen) atoms. The number of amidine groups is 1. The summed E-state index contributed by atoms with van der Waals surface area (Å²) in [7, 11) is -3.42. The van der Waals surface area contributed by atoms with Crippen molar-refractivity contribution in [3.05, 3.63) is 53.3 Å². The van der Waals surface area contributed by atoms with Crippen LogP contribution < -0.4 is 4.74 Å². The smallest absolute Gasteiger partial charge is 0.156 e. The van der Waals surface area contributed by atoms with Gasteiger partial charge in [-0.15, -0.1) is 0 Å². The minimum absolute atomic E-state index is 0.0973. The van der Waals surface area contributed by atoms with Crippen molar-refractivity contribution in [2.24, 2.45) is 9.98 Å². The Labute approximate surface area is 163 Å². The molecule has 0 spiro atoms. The molecule has 0 unspecified atom stereocenters. The molecule has 0 fully saturated rings. The molecule has 6 nitrogen and oxygen atoms in total. The highest BCUT2D eigenvalue weighted by molar-refractivity contribution is 7.91. The lowest BCUT2D eigenvalue weighted by atomic mass is 10.1. The number of rotatable bonds is 5. The molecule has 0 aliphatic carbocycles. The lowest BCUT2D eigenvalue weighted by Crippen LogP contribution is -2.29. The van der Waals surface area contributed by atoms with Crippen molar-refractivity contribution in [1.29, 1.82) is 0 Å². The van der Waals surface area contributed by atoms with Crippen LogP contribution >= 0.6 is 0 Å². The molecule has 2 aliphatic rings. The fourth-order valence-electron chi connectivity index (χ4n) is 3.06. The number of sulfone groups is 1. The Kier molecular flexibility index (Phi) is 4.66. The molecule has 8 heteroatoms. The second-order valence-electron chi connectivity index (χ2n) is 7.03. The third kappa shape index (κ3) is 3.52. The van der Waals surface area contributed by atoms with Gasteiger partial charge in [0.25, 0.3) is 0 Å². The molecular formula is C20H20FN3O3S. The summed E-state index contributed by atoms with van der Waals surface area (Å²) in [6.45, 7) is 4.68. The van der Waals surface area contributed by atoms with Gasteiger partial charge in [-0.1, -0.05) is 0 Å². The molecule has 4 rings (SSSR count). The van der Waals surface area contributed by atoms with Gasteiger partial charge in [-0.05, 0) is 50.2 Å². The Hall–Kier alpha value is -2.74. The van der Waals surface area contributed by atoms with Crippen LogP contribution in [0.4, 0.5) is 10.1 Å². The Morgan fingerprint density at radius 3 is 2.71 bits per heavy atom. The standard InChI is InChI=1S/C20H20FN3O3S/c1-13(2)28(25,26)11-14-9-15(3-5-18(14)21)27-16-4-6-19-17(10-16)20-22-7-8-24(20)12-23-19/h3-6,9-10,12-13H,7-8,11H2,1-2H3. The van der Waals surface area contributed by atoms with Crippen molar-refractivity contribution < 1.29 is 17.5 Å². The summed E-state index contributed by atoms with van der Waals surface area (Å²) < 4.78 is 44.3. The summed E-state index contributed by atoms with van der Waals surface area (Å²) in [5.74, 6) is 0.860. The molecule has 0 bridgehead atoms. The van der Waals surface area contributed by atoms with E-state index in [-0.39, 0.29) is 11.3 Å². The van der Waals surface area contributed by atoms with Gasteiger partial charge >= 0.3 is 0 Å². The highest BCUT2D eigenvalue weighted by Gasteiger charge is 2.24. The fraction of sp³-hybridized carbons (Fsp3) is 0.300. The maximum atomic E-state index is 14.1. The lowest BCUT2D eigenvalue weighted by Gasteiger charge is -2.21. The number of halogens is 1. The van der Waals surface area contributed by atoms with Crippen molar-refractivity contribution in [3.8, 4) is 11.5 Å². The number of ether oxygens (including phenoxy) is 1. The molecule has 2 heterocycles. The van der Waals surface area contributed by atoms with E-state index in [1.54, 1.807) is 26.3 Å². The molecule has 0 atom stereocenters. The SMILES string of the molecule is CC(C)S(=O)(=O)Cc1cc(Oc2ccc3c(c2)C2=NCCN2C=N3)ccc1F. The van der Waals surface area contributed by atoms with Crippen LogP contribution in [0.3, 0.4) is 0 Å². The van der Waals surface area contributed by atoms with Gasteiger partial charge in [0.2, 0.25) is 0 Å². The molecule has 0 radical (unpaired) electrons. The average Bonchev–Trinajstić information content (AvgIpc) is 3.13.